The number of nitrogens with zero attached hydrogens (tertiary/aromatic N) is 2. The molecular formula is C18H16F3N3OS. The van der Waals surface area contributed by atoms with E-state index in [-0.39, 0.29) is 5.69 Å². The van der Waals surface area contributed by atoms with Crippen molar-refractivity contribution in [3.63, 3.8) is 0 Å². The topological polar surface area (TPSA) is 46.9 Å². The van der Waals surface area contributed by atoms with Gasteiger partial charge in [0, 0.05) is 4.88 Å². The van der Waals surface area contributed by atoms with Crippen LogP contribution in [0.2, 0.25) is 0 Å². The van der Waals surface area contributed by atoms with Crippen molar-refractivity contribution in [2.45, 2.75) is 26.1 Å². The number of carbonyl (C=O) groups is 1. The number of aromatic nitrogens is 2. The standard InChI is InChI=1S/C18H16F3N3OS/c1-11-5-7-13(8-6-11)24-16(18(19,20)21)14(10-22-24)17(25)23-12(2)15-4-3-9-26-15/h3-10,12H,1-2H3,(H,23,25). The van der Waals surface area contributed by atoms with E-state index in [0.717, 1.165) is 21.3 Å². The first kappa shape index (κ1) is 18.2. The first-order valence-corrected chi connectivity index (χ1v) is 8.72. The predicted octanol–water partition coefficient (Wildman–Crippen LogP) is 4.75. The van der Waals surface area contributed by atoms with Crippen molar-refractivity contribution in [1.82, 2.24) is 15.1 Å². The summed E-state index contributed by atoms with van der Waals surface area (Å²) in [6.45, 7) is 3.56. The number of carbonyl (C=O) groups excluding carboxylic acids is 1. The lowest BCUT2D eigenvalue weighted by atomic mass is 10.2. The van der Waals surface area contributed by atoms with Crippen LogP contribution in [-0.2, 0) is 6.18 Å². The van der Waals surface area contributed by atoms with Gasteiger partial charge < -0.3 is 5.32 Å². The van der Waals surface area contributed by atoms with Gasteiger partial charge >= 0.3 is 6.18 Å². The Morgan fingerprint density at radius 2 is 1.92 bits per heavy atom. The Balaban J connectivity index is 1.97. The van der Waals surface area contributed by atoms with E-state index in [1.165, 1.54) is 23.5 Å². The van der Waals surface area contributed by atoms with Crippen LogP contribution in [0.1, 0.15) is 39.5 Å². The molecule has 136 valence electrons. The molecule has 0 saturated carbocycles. The van der Waals surface area contributed by atoms with Gasteiger partial charge in [-0.05, 0) is 37.4 Å². The van der Waals surface area contributed by atoms with Gasteiger partial charge in [-0.1, -0.05) is 23.8 Å². The summed E-state index contributed by atoms with van der Waals surface area (Å²) in [5.41, 5.74) is -0.427. The molecule has 0 aliphatic carbocycles. The minimum absolute atomic E-state index is 0.244. The molecule has 0 radical (unpaired) electrons. The van der Waals surface area contributed by atoms with Gasteiger partial charge in [-0.2, -0.15) is 18.3 Å². The molecule has 3 aromatic rings. The first-order valence-electron chi connectivity index (χ1n) is 7.84. The number of nitrogens with one attached hydrogen (secondary N) is 1. The summed E-state index contributed by atoms with van der Waals surface area (Å²) in [4.78, 5) is 13.3. The zero-order valence-corrected chi connectivity index (χ0v) is 14.9. The Morgan fingerprint density at radius 1 is 1.23 bits per heavy atom. The molecule has 1 unspecified atom stereocenters. The third-order valence-corrected chi connectivity index (χ3v) is 4.93. The van der Waals surface area contributed by atoms with E-state index in [4.69, 9.17) is 0 Å². The number of hydrogen-bond acceptors (Lipinski definition) is 3. The second-order valence-corrected chi connectivity index (χ2v) is 6.84. The van der Waals surface area contributed by atoms with E-state index in [2.05, 4.69) is 10.4 Å². The van der Waals surface area contributed by atoms with E-state index in [1.807, 2.05) is 24.4 Å². The lowest BCUT2D eigenvalue weighted by molar-refractivity contribution is -0.143. The average Bonchev–Trinajstić information content (AvgIpc) is 3.24. The van der Waals surface area contributed by atoms with E-state index < -0.39 is 29.4 Å². The second-order valence-electron chi connectivity index (χ2n) is 5.86. The highest BCUT2D eigenvalue weighted by Gasteiger charge is 2.40. The number of alkyl halides is 3. The maximum Gasteiger partial charge on any atom is 0.434 e. The molecule has 0 aliphatic heterocycles. The number of aryl methyl sites for hydroxylation is 1. The number of thiophene rings is 1. The molecule has 1 atom stereocenters. The van der Waals surface area contributed by atoms with E-state index >= 15 is 0 Å². The molecule has 0 bridgehead atoms. The Bertz CT molecular complexity index is 899. The van der Waals surface area contributed by atoms with Gasteiger partial charge in [-0.15, -0.1) is 11.3 Å². The molecule has 2 heterocycles. The molecule has 1 N–H and O–H groups in total. The third-order valence-electron chi connectivity index (χ3n) is 3.88. The minimum atomic E-state index is -4.72. The van der Waals surface area contributed by atoms with Crippen LogP contribution >= 0.6 is 11.3 Å². The molecule has 3 rings (SSSR count). The molecule has 0 aliphatic rings. The van der Waals surface area contributed by atoms with Crippen molar-refractivity contribution >= 4 is 17.2 Å². The van der Waals surface area contributed by atoms with Crippen LogP contribution in [0, 0.1) is 6.92 Å². The van der Waals surface area contributed by atoms with E-state index in [9.17, 15) is 18.0 Å². The fourth-order valence-electron chi connectivity index (χ4n) is 2.55. The molecular weight excluding hydrogens is 363 g/mol. The van der Waals surface area contributed by atoms with Crippen LogP contribution in [0.3, 0.4) is 0 Å². The Kier molecular flexibility index (Phi) is 4.86. The third kappa shape index (κ3) is 3.65. The maximum atomic E-state index is 13.6. The average molecular weight is 379 g/mol. The number of halogens is 3. The summed E-state index contributed by atoms with van der Waals surface area (Å²) in [5.74, 6) is -0.809. The molecule has 1 aromatic carbocycles. The van der Waals surface area contributed by atoms with Crippen LogP contribution in [0.4, 0.5) is 13.2 Å². The highest BCUT2D eigenvalue weighted by Crippen LogP contribution is 2.34. The highest BCUT2D eigenvalue weighted by molar-refractivity contribution is 7.10. The molecule has 1 amide bonds. The quantitative estimate of drug-likeness (QED) is 0.711. The Hall–Kier alpha value is -2.61. The van der Waals surface area contributed by atoms with Gasteiger partial charge in [-0.3, -0.25) is 4.79 Å². The number of benzene rings is 1. The SMILES string of the molecule is Cc1ccc(-n2ncc(C(=O)NC(C)c3cccs3)c2C(F)(F)F)cc1. The van der Waals surface area contributed by atoms with Crippen LogP contribution in [0.5, 0.6) is 0 Å². The monoisotopic (exact) mass is 379 g/mol. The van der Waals surface area contributed by atoms with Gasteiger partial charge in [-0.25, -0.2) is 4.68 Å². The van der Waals surface area contributed by atoms with Crippen molar-refractivity contribution in [3.05, 3.63) is 69.7 Å². The van der Waals surface area contributed by atoms with Crippen LogP contribution < -0.4 is 5.32 Å². The van der Waals surface area contributed by atoms with Crippen LogP contribution in [0.25, 0.3) is 5.69 Å². The van der Waals surface area contributed by atoms with E-state index in [0.29, 0.717) is 0 Å². The van der Waals surface area contributed by atoms with Gasteiger partial charge in [0.15, 0.2) is 5.69 Å². The summed E-state index contributed by atoms with van der Waals surface area (Å²) in [7, 11) is 0. The molecule has 8 heteroatoms. The fraction of sp³-hybridized carbons (Fsp3) is 0.222. The number of amides is 1. The summed E-state index contributed by atoms with van der Waals surface area (Å²) in [5, 5.41) is 8.26. The molecule has 0 fully saturated rings. The molecule has 4 nitrogen and oxygen atoms in total. The first-order chi connectivity index (χ1) is 12.3. The van der Waals surface area contributed by atoms with Gasteiger partial charge in [0.05, 0.1) is 23.5 Å². The van der Waals surface area contributed by atoms with Crippen molar-refractivity contribution in [1.29, 1.82) is 0 Å². The highest BCUT2D eigenvalue weighted by atomic mass is 32.1. The van der Waals surface area contributed by atoms with Gasteiger partial charge in [0.2, 0.25) is 0 Å². The number of hydrogen-bond donors (Lipinski definition) is 1. The molecule has 2 aromatic heterocycles. The van der Waals surface area contributed by atoms with Crippen molar-refractivity contribution in [2.24, 2.45) is 0 Å². The van der Waals surface area contributed by atoms with Crippen molar-refractivity contribution in [3.8, 4) is 5.69 Å². The smallest absolute Gasteiger partial charge is 0.345 e. The minimum Gasteiger partial charge on any atom is -0.345 e. The van der Waals surface area contributed by atoms with Crippen LogP contribution in [0.15, 0.2) is 48.0 Å². The zero-order valence-electron chi connectivity index (χ0n) is 14.0. The summed E-state index contributed by atoms with van der Waals surface area (Å²) >= 11 is 1.42. The predicted molar refractivity (Wildman–Crippen MR) is 93.5 cm³/mol. The lowest BCUT2D eigenvalue weighted by Gasteiger charge is -2.15. The fourth-order valence-corrected chi connectivity index (χ4v) is 3.29. The second kappa shape index (κ2) is 6.95. The number of rotatable bonds is 4. The van der Waals surface area contributed by atoms with Gasteiger partial charge in [0.25, 0.3) is 5.91 Å². The molecule has 26 heavy (non-hydrogen) atoms. The van der Waals surface area contributed by atoms with Gasteiger partial charge in [0.1, 0.15) is 0 Å². The van der Waals surface area contributed by atoms with Crippen molar-refractivity contribution in [2.75, 3.05) is 0 Å². The maximum absolute atomic E-state index is 13.6. The molecule has 0 spiro atoms. The summed E-state index contributed by atoms with van der Waals surface area (Å²) in [6.07, 6.45) is -3.76. The normalized spacial score (nSPS) is 12.8. The van der Waals surface area contributed by atoms with Crippen LogP contribution in [-0.4, -0.2) is 15.7 Å². The largest absolute Gasteiger partial charge is 0.434 e. The lowest BCUT2D eigenvalue weighted by Crippen LogP contribution is -2.28. The summed E-state index contributed by atoms with van der Waals surface area (Å²) < 4.78 is 41.7. The Morgan fingerprint density at radius 3 is 2.50 bits per heavy atom. The summed E-state index contributed by atoms with van der Waals surface area (Å²) in [6, 6.07) is 9.69. The Labute approximate surface area is 152 Å². The van der Waals surface area contributed by atoms with E-state index in [1.54, 1.807) is 19.1 Å². The zero-order chi connectivity index (χ0) is 18.9. The molecule has 0 saturated heterocycles. The van der Waals surface area contributed by atoms with Crippen molar-refractivity contribution < 1.29 is 18.0 Å².